The van der Waals surface area contributed by atoms with Crippen LogP contribution in [0.5, 0.6) is 0 Å². The second kappa shape index (κ2) is 14.3. The zero-order valence-electron chi connectivity index (χ0n) is 33.2. The van der Waals surface area contributed by atoms with Crippen molar-refractivity contribution in [3.05, 3.63) is 231 Å². The molecule has 12 rings (SSSR count). The van der Waals surface area contributed by atoms with Crippen molar-refractivity contribution < 1.29 is 4.42 Å². The van der Waals surface area contributed by atoms with Crippen molar-refractivity contribution in [1.29, 1.82) is 0 Å². The number of hydrogen-bond donors (Lipinski definition) is 0. The molecule has 2 aromatic heterocycles. The van der Waals surface area contributed by atoms with Crippen LogP contribution in [0, 0.1) is 0 Å². The third kappa shape index (κ3) is 5.82. The molecule has 0 saturated carbocycles. The Morgan fingerprint density at radius 2 is 0.869 bits per heavy atom. The SMILES string of the molecule is c1ccc(-c2ccc(-c3ccc(N(c4ccccc4)c4cccc5oc6cc(-c7ccc8c(c7)c7ccccc7n8-c7ccccc7)c7ccccc7c6c45)cc3)cc2)cc1. The molecule has 2 heterocycles. The maximum Gasteiger partial charge on any atom is 0.137 e. The topological polar surface area (TPSA) is 21.3 Å². The van der Waals surface area contributed by atoms with E-state index in [0.29, 0.717) is 0 Å². The van der Waals surface area contributed by atoms with Crippen molar-refractivity contribution in [3.63, 3.8) is 0 Å². The summed E-state index contributed by atoms with van der Waals surface area (Å²) in [6, 6.07) is 82.6. The van der Waals surface area contributed by atoms with E-state index >= 15 is 0 Å². The Kier molecular flexibility index (Phi) is 8.17. The van der Waals surface area contributed by atoms with Crippen LogP contribution in [0.4, 0.5) is 17.1 Å². The molecule has 0 aliphatic heterocycles. The number of furan rings is 1. The highest BCUT2D eigenvalue weighted by Gasteiger charge is 2.23. The van der Waals surface area contributed by atoms with Gasteiger partial charge in [-0.05, 0) is 117 Å². The van der Waals surface area contributed by atoms with E-state index in [9.17, 15) is 0 Å². The van der Waals surface area contributed by atoms with Crippen LogP contribution < -0.4 is 4.90 Å². The van der Waals surface area contributed by atoms with Gasteiger partial charge in [0.2, 0.25) is 0 Å². The van der Waals surface area contributed by atoms with Crippen LogP contribution in [0.2, 0.25) is 0 Å². The van der Waals surface area contributed by atoms with E-state index in [2.05, 4.69) is 240 Å². The average molecular weight is 779 g/mol. The molecule has 0 radical (unpaired) electrons. The number of para-hydroxylation sites is 3. The molecular formula is C58H38N2O. The molecule has 0 aliphatic rings. The van der Waals surface area contributed by atoms with Crippen LogP contribution in [0.15, 0.2) is 235 Å². The van der Waals surface area contributed by atoms with Crippen LogP contribution in [-0.4, -0.2) is 4.57 Å². The maximum absolute atomic E-state index is 6.89. The van der Waals surface area contributed by atoms with Gasteiger partial charge in [0, 0.05) is 33.2 Å². The van der Waals surface area contributed by atoms with Gasteiger partial charge in [0.1, 0.15) is 11.2 Å². The smallest absolute Gasteiger partial charge is 0.137 e. The molecule has 3 nitrogen and oxygen atoms in total. The molecule has 0 aliphatic carbocycles. The predicted octanol–water partition coefficient (Wildman–Crippen LogP) is 16.3. The van der Waals surface area contributed by atoms with Crippen molar-refractivity contribution in [1.82, 2.24) is 4.57 Å². The van der Waals surface area contributed by atoms with Gasteiger partial charge in [-0.15, -0.1) is 0 Å². The van der Waals surface area contributed by atoms with Gasteiger partial charge in [-0.3, -0.25) is 0 Å². The highest BCUT2D eigenvalue weighted by atomic mass is 16.3. The molecule has 0 bridgehead atoms. The van der Waals surface area contributed by atoms with Crippen molar-refractivity contribution in [2.75, 3.05) is 4.90 Å². The van der Waals surface area contributed by atoms with Gasteiger partial charge in [0.15, 0.2) is 0 Å². The molecule has 0 amide bonds. The van der Waals surface area contributed by atoms with Gasteiger partial charge in [-0.2, -0.15) is 0 Å². The molecule has 0 fully saturated rings. The first-order chi connectivity index (χ1) is 30.3. The van der Waals surface area contributed by atoms with Gasteiger partial charge < -0.3 is 13.9 Å². The summed E-state index contributed by atoms with van der Waals surface area (Å²) < 4.78 is 9.26. The van der Waals surface area contributed by atoms with Crippen molar-refractivity contribution in [2.24, 2.45) is 0 Å². The number of hydrogen-bond acceptors (Lipinski definition) is 2. The molecule has 3 heteroatoms. The summed E-state index contributed by atoms with van der Waals surface area (Å²) in [7, 11) is 0. The fraction of sp³-hybridized carbons (Fsp3) is 0. The van der Waals surface area contributed by atoms with Crippen LogP contribution in [-0.2, 0) is 0 Å². The van der Waals surface area contributed by atoms with Gasteiger partial charge in [-0.1, -0.05) is 158 Å². The summed E-state index contributed by atoms with van der Waals surface area (Å²) in [5.74, 6) is 0. The zero-order chi connectivity index (χ0) is 40.3. The Hall–Kier alpha value is -8.14. The molecular weight excluding hydrogens is 741 g/mol. The third-order valence-corrected chi connectivity index (χ3v) is 12.2. The lowest BCUT2D eigenvalue weighted by molar-refractivity contribution is 0.669. The number of aromatic nitrogens is 1. The van der Waals surface area contributed by atoms with Gasteiger partial charge in [0.25, 0.3) is 0 Å². The number of anilines is 3. The standard InChI is InChI=1S/C58H38N2O/c1-4-15-39(16-5-1)40-27-29-41(30-28-40)42-31-34-46(35-32-42)59(44-17-6-2-7-18-44)54-25-14-26-55-58(54)57-49-23-11-10-21-47(49)50(38-56(57)61-55)43-33-36-53-51(37-43)48-22-12-13-24-52(48)60(53)45-19-8-3-9-20-45/h1-38H. The minimum absolute atomic E-state index is 0.854. The molecule has 0 N–H and O–H groups in total. The zero-order valence-corrected chi connectivity index (χ0v) is 33.2. The van der Waals surface area contributed by atoms with Gasteiger partial charge in [0.05, 0.1) is 22.1 Å². The molecule has 0 unspecified atom stereocenters. The first-order valence-electron chi connectivity index (χ1n) is 20.8. The van der Waals surface area contributed by atoms with E-state index in [0.717, 1.165) is 61.2 Å². The molecule has 10 aromatic carbocycles. The number of nitrogens with zero attached hydrogens (tertiary/aromatic N) is 2. The van der Waals surface area contributed by atoms with Crippen LogP contribution in [0.1, 0.15) is 0 Å². The number of rotatable bonds is 7. The van der Waals surface area contributed by atoms with E-state index in [1.807, 2.05) is 0 Å². The molecule has 61 heavy (non-hydrogen) atoms. The summed E-state index contributed by atoms with van der Waals surface area (Å²) in [4.78, 5) is 2.36. The van der Waals surface area contributed by atoms with Crippen molar-refractivity contribution in [2.45, 2.75) is 0 Å². The highest BCUT2D eigenvalue weighted by Crippen LogP contribution is 2.47. The summed E-state index contributed by atoms with van der Waals surface area (Å²) in [5.41, 5.74) is 15.6. The minimum Gasteiger partial charge on any atom is -0.456 e. The predicted molar refractivity (Wildman–Crippen MR) is 257 cm³/mol. The molecule has 0 saturated heterocycles. The minimum atomic E-state index is 0.854. The highest BCUT2D eigenvalue weighted by molar-refractivity contribution is 6.26. The van der Waals surface area contributed by atoms with Crippen molar-refractivity contribution in [3.8, 4) is 39.1 Å². The summed E-state index contributed by atoms with van der Waals surface area (Å²) >= 11 is 0. The summed E-state index contributed by atoms with van der Waals surface area (Å²) in [6.45, 7) is 0. The van der Waals surface area contributed by atoms with Crippen molar-refractivity contribution >= 4 is 71.6 Å². The average Bonchev–Trinajstić information content (AvgIpc) is 3.89. The fourth-order valence-electron chi connectivity index (χ4n) is 9.38. The Morgan fingerprint density at radius 3 is 1.59 bits per heavy atom. The maximum atomic E-state index is 6.89. The first kappa shape index (κ1) is 34.9. The van der Waals surface area contributed by atoms with E-state index in [-0.39, 0.29) is 0 Å². The van der Waals surface area contributed by atoms with Gasteiger partial charge in [-0.25, -0.2) is 0 Å². The molecule has 12 aromatic rings. The second-order valence-corrected chi connectivity index (χ2v) is 15.7. The lowest BCUT2D eigenvalue weighted by Crippen LogP contribution is -2.10. The summed E-state index contributed by atoms with van der Waals surface area (Å²) in [5, 5.41) is 7.01. The monoisotopic (exact) mass is 778 g/mol. The quantitative estimate of drug-likeness (QED) is 0.161. The number of fused-ring (bicyclic) bond motifs is 8. The Labute approximate surface area is 353 Å². The lowest BCUT2D eigenvalue weighted by atomic mass is 9.93. The molecule has 0 spiro atoms. The van der Waals surface area contributed by atoms with E-state index < -0.39 is 0 Å². The fourth-order valence-corrected chi connectivity index (χ4v) is 9.38. The Morgan fingerprint density at radius 1 is 0.328 bits per heavy atom. The number of benzene rings is 10. The molecule has 0 atom stereocenters. The van der Waals surface area contributed by atoms with Crippen LogP contribution in [0.25, 0.3) is 93.6 Å². The van der Waals surface area contributed by atoms with E-state index in [1.165, 1.54) is 49.4 Å². The van der Waals surface area contributed by atoms with E-state index in [1.54, 1.807) is 0 Å². The van der Waals surface area contributed by atoms with Gasteiger partial charge >= 0.3 is 0 Å². The van der Waals surface area contributed by atoms with Crippen LogP contribution >= 0.6 is 0 Å². The third-order valence-electron chi connectivity index (χ3n) is 12.2. The van der Waals surface area contributed by atoms with E-state index in [4.69, 9.17) is 4.42 Å². The normalized spacial score (nSPS) is 11.6. The second-order valence-electron chi connectivity index (χ2n) is 15.7. The Balaban J connectivity index is 1.01. The summed E-state index contributed by atoms with van der Waals surface area (Å²) in [6.07, 6.45) is 0. The Bertz CT molecular complexity index is 3550. The molecule has 286 valence electrons. The first-order valence-corrected chi connectivity index (χ1v) is 20.8. The largest absolute Gasteiger partial charge is 0.456 e. The van der Waals surface area contributed by atoms with Crippen LogP contribution in [0.3, 0.4) is 0 Å². The lowest BCUT2D eigenvalue weighted by Gasteiger charge is -2.26.